The molecule has 0 spiro atoms. The van der Waals surface area contributed by atoms with Crippen LogP contribution in [0.1, 0.15) is 50.7 Å². The fourth-order valence-corrected chi connectivity index (χ4v) is 2.57. The number of benzene rings is 1. The number of sulfonamides is 1. The molecular weight excluding hydrogens is 298 g/mol. The molecule has 0 saturated heterocycles. The van der Waals surface area contributed by atoms with Crippen molar-refractivity contribution in [3.63, 3.8) is 0 Å². The van der Waals surface area contributed by atoms with Crippen LogP contribution < -0.4 is 4.72 Å². The number of aliphatic hydroxyl groups excluding tert-OH is 1. The van der Waals surface area contributed by atoms with Gasteiger partial charge in [0.1, 0.15) is 0 Å². The van der Waals surface area contributed by atoms with Crippen LogP contribution in [0.5, 0.6) is 0 Å². The molecule has 0 aliphatic carbocycles. The summed E-state index contributed by atoms with van der Waals surface area (Å²) in [5, 5.41) is 8.27. The van der Waals surface area contributed by atoms with Crippen molar-refractivity contribution in [2.45, 2.75) is 44.8 Å². The molecule has 0 fully saturated rings. The first-order valence-corrected chi connectivity index (χ1v) is 9.09. The van der Waals surface area contributed by atoms with Crippen LogP contribution in [0.2, 0.25) is 0 Å². The fraction of sp³-hybridized carbons (Fsp3) is 0.529. The Kier molecular flexibility index (Phi) is 7.60. The van der Waals surface area contributed by atoms with Crippen LogP contribution >= 0.6 is 0 Å². The highest BCUT2D eigenvalue weighted by Gasteiger charge is 2.16. The maximum Gasteiger partial charge on any atom is 0.213 e. The molecule has 5 heteroatoms. The molecule has 0 aliphatic heterocycles. The summed E-state index contributed by atoms with van der Waals surface area (Å²) in [5.41, 5.74) is 2.00. The van der Waals surface area contributed by atoms with E-state index in [0.717, 1.165) is 11.1 Å². The Morgan fingerprint density at radius 3 is 2.36 bits per heavy atom. The summed E-state index contributed by atoms with van der Waals surface area (Å²) in [7, 11) is -3.22. The highest BCUT2D eigenvalue weighted by Crippen LogP contribution is 2.15. The molecule has 0 aliphatic rings. The van der Waals surface area contributed by atoms with Gasteiger partial charge in [0, 0.05) is 25.1 Å². The van der Waals surface area contributed by atoms with E-state index < -0.39 is 15.3 Å². The third kappa shape index (κ3) is 6.18. The van der Waals surface area contributed by atoms with Gasteiger partial charge in [0.15, 0.2) is 0 Å². The number of hydrogen-bond donors (Lipinski definition) is 2. The number of unbranched alkanes of at least 4 members (excludes halogenated alkanes) is 1. The van der Waals surface area contributed by atoms with Crippen molar-refractivity contribution in [1.82, 2.24) is 4.72 Å². The van der Waals surface area contributed by atoms with E-state index in [0.29, 0.717) is 19.4 Å². The van der Waals surface area contributed by atoms with E-state index in [2.05, 4.69) is 16.6 Å². The van der Waals surface area contributed by atoms with Gasteiger partial charge in [0.05, 0.1) is 5.25 Å². The molecule has 22 heavy (non-hydrogen) atoms. The molecule has 0 saturated carbocycles. The maximum atomic E-state index is 11.7. The van der Waals surface area contributed by atoms with Gasteiger partial charge in [-0.1, -0.05) is 30.9 Å². The quantitative estimate of drug-likeness (QED) is 0.597. The molecule has 2 N–H and O–H groups in total. The average Bonchev–Trinajstić information content (AvgIpc) is 2.50. The number of hydrogen-bond acceptors (Lipinski definition) is 3. The molecular formula is C17H25NO3S. The van der Waals surface area contributed by atoms with Gasteiger partial charge >= 0.3 is 0 Å². The lowest BCUT2D eigenvalue weighted by molar-refractivity contribution is 0.290. The van der Waals surface area contributed by atoms with Gasteiger partial charge in [-0.15, -0.1) is 0 Å². The Morgan fingerprint density at radius 1 is 1.18 bits per heavy atom. The first kappa shape index (κ1) is 18.7. The molecule has 1 unspecified atom stereocenters. The molecule has 1 rings (SSSR count). The van der Waals surface area contributed by atoms with Crippen molar-refractivity contribution in [2.24, 2.45) is 0 Å². The SMILES string of the molecule is CC(CNS(=O)(=O)C(C)C)c1ccc(C#CCCCO)cc1. The topological polar surface area (TPSA) is 66.4 Å². The largest absolute Gasteiger partial charge is 0.396 e. The van der Waals surface area contributed by atoms with Crippen LogP contribution in [-0.4, -0.2) is 31.9 Å². The van der Waals surface area contributed by atoms with E-state index in [4.69, 9.17) is 5.11 Å². The predicted octanol–water partition coefficient (Wildman–Crippen LogP) is 2.24. The Labute approximate surface area is 134 Å². The zero-order chi connectivity index (χ0) is 16.6. The van der Waals surface area contributed by atoms with Crippen LogP contribution in [0.25, 0.3) is 0 Å². The van der Waals surface area contributed by atoms with Gasteiger partial charge in [0.2, 0.25) is 10.0 Å². The van der Waals surface area contributed by atoms with Gasteiger partial charge in [-0.2, -0.15) is 0 Å². The second kappa shape index (κ2) is 8.94. The van der Waals surface area contributed by atoms with Gasteiger partial charge < -0.3 is 5.11 Å². The summed E-state index contributed by atoms with van der Waals surface area (Å²) in [6.45, 7) is 5.87. The fourth-order valence-electron chi connectivity index (χ4n) is 1.75. The molecule has 1 atom stereocenters. The molecule has 1 aromatic rings. The van der Waals surface area contributed by atoms with Crippen LogP contribution in [0.3, 0.4) is 0 Å². The number of rotatable bonds is 7. The maximum absolute atomic E-state index is 11.7. The first-order chi connectivity index (χ1) is 10.4. The standard InChI is InChI=1S/C17H25NO3S/c1-14(2)22(20,21)18-13-15(3)17-10-8-16(9-11-17)7-5-4-6-12-19/h8-11,14-15,18-19H,4,6,12-13H2,1-3H3. The van der Waals surface area contributed by atoms with Gasteiger partial charge in [-0.25, -0.2) is 13.1 Å². The van der Waals surface area contributed by atoms with Crippen molar-refractivity contribution in [3.8, 4) is 11.8 Å². The van der Waals surface area contributed by atoms with Crippen molar-refractivity contribution in [3.05, 3.63) is 35.4 Å². The monoisotopic (exact) mass is 323 g/mol. The third-order valence-electron chi connectivity index (χ3n) is 3.38. The summed E-state index contributed by atoms with van der Waals surface area (Å²) in [4.78, 5) is 0. The molecule has 122 valence electrons. The smallest absolute Gasteiger partial charge is 0.213 e. The van der Waals surface area contributed by atoms with Crippen LogP contribution in [0, 0.1) is 11.8 Å². The second-order valence-corrected chi connectivity index (χ2v) is 7.92. The van der Waals surface area contributed by atoms with E-state index in [1.807, 2.05) is 31.2 Å². The molecule has 0 aromatic heterocycles. The van der Waals surface area contributed by atoms with E-state index in [1.165, 1.54) is 0 Å². The zero-order valence-corrected chi connectivity index (χ0v) is 14.3. The minimum atomic E-state index is -3.22. The Hall–Kier alpha value is -1.35. The molecule has 0 amide bonds. The lowest BCUT2D eigenvalue weighted by Gasteiger charge is -2.15. The molecule has 0 heterocycles. The van der Waals surface area contributed by atoms with E-state index in [9.17, 15) is 8.42 Å². The second-order valence-electron chi connectivity index (χ2n) is 5.59. The highest BCUT2D eigenvalue weighted by molar-refractivity contribution is 7.90. The van der Waals surface area contributed by atoms with Gasteiger partial charge in [-0.3, -0.25) is 0 Å². The van der Waals surface area contributed by atoms with Gasteiger partial charge in [0.25, 0.3) is 0 Å². The Bertz CT molecular complexity index is 610. The van der Waals surface area contributed by atoms with Crippen molar-refractivity contribution in [1.29, 1.82) is 0 Å². The van der Waals surface area contributed by atoms with Crippen LogP contribution in [0.4, 0.5) is 0 Å². The minimum absolute atomic E-state index is 0.102. The molecule has 1 aromatic carbocycles. The number of nitrogens with one attached hydrogen (secondary N) is 1. The molecule has 0 radical (unpaired) electrons. The summed E-state index contributed by atoms with van der Waals surface area (Å²) >= 11 is 0. The minimum Gasteiger partial charge on any atom is -0.396 e. The summed E-state index contributed by atoms with van der Waals surface area (Å²) < 4.78 is 26.1. The molecule has 4 nitrogen and oxygen atoms in total. The third-order valence-corrected chi connectivity index (χ3v) is 5.19. The van der Waals surface area contributed by atoms with Crippen LogP contribution in [0.15, 0.2) is 24.3 Å². The summed E-state index contributed by atoms with van der Waals surface area (Å²) in [6, 6.07) is 7.83. The van der Waals surface area contributed by atoms with Crippen molar-refractivity contribution < 1.29 is 13.5 Å². The molecule has 0 bridgehead atoms. The Morgan fingerprint density at radius 2 is 1.82 bits per heavy atom. The van der Waals surface area contributed by atoms with E-state index >= 15 is 0 Å². The normalized spacial score (nSPS) is 12.8. The lowest BCUT2D eigenvalue weighted by atomic mass is 10.0. The average molecular weight is 323 g/mol. The Balaban J connectivity index is 2.60. The first-order valence-electron chi connectivity index (χ1n) is 7.55. The summed E-state index contributed by atoms with van der Waals surface area (Å²) in [5.74, 6) is 6.15. The van der Waals surface area contributed by atoms with Crippen molar-refractivity contribution >= 4 is 10.0 Å². The van der Waals surface area contributed by atoms with Crippen LogP contribution in [-0.2, 0) is 10.0 Å². The number of aliphatic hydroxyl groups is 1. The lowest BCUT2D eigenvalue weighted by Crippen LogP contribution is -2.33. The van der Waals surface area contributed by atoms with E-state index in [-0.39, 0.29) is 12.5 Å². The van der Waals surface area contributed by atoms with Gasteiger partial charge in [-0.05, 0) is 43.9 Å². The van der Waals surface area contributed by atoms with Crippen molar-refractivity contribution in [2.75, 3.05) is 13.2 Å². The summed E-state index contributed by atoms with van der Waals surface area (Å²) in [6.07, 6.45) is 1.38. The zero-order valence-electron chi connectivity index (χ0n) is 13.5. The predicted molar refractivity (Wildman–Crippen MR) is 90.1 cm³/mol. The van der Waals surface area contributed by atoms with E-state index in [1.54, 1.807) is 13.8 Å². The highest BCUT2D eigenvalue weighted by atomic mass is 32.2.